The second kappa shape index (κ2) is 7.15. The zero-order valence-corrected chi connectivity index (χ0v) is 15.1. The highest BCUT2D eigenvalue weighted by molar-refractivity contribution is 6.32. The van der Waals surface area contributed by atoms with E-state index < -0.39 is 0 Å². The molecule has 1 N–H and O–H groups in total. The topological polar surface area (TPSA) is 60.1 Å². The van der Waals surface area contributed by atoms with E-state index in [1.54, 1.807) is 35.2 Å². The maximum Gasteiger partial charge on any atom is 0.270 e. The highest BCUT2D eigenvalue weighted by Crippen LogP contribution is 2.26. The number of nitrogens with zero attached hydrogens (tertiary/aromatic N) is 2. The molecule has 6 heteroatoms. The maximum atomic E-state index is 12.8. The number of para-hydroxylation sites is 1. The molecule has 0 bridgehead atoms. The number of nitrogens with one attached hydrogen (secondary N) is 1. The third-order valence-corrected chi connectivity index (χ3v) is 4.47. The van der Waals surface area contributed by atoms with E-state index in [2.05, 4.69) is 24.3 Å². The predicted octanol–water partition coefficient (Wildman–Crippen LogP) is 4.56. The quantitative estimate of drug-likeness (QED) is 0.728. The molecular formula is C19H20ClN3O2. The van der Waals surface area contributed by atoms with E-state index in [1.165, 1.54) is 0 Å². The van der Waals surface area contributed by atoms with E-state index >= 15 is 0 Å². The Kier molecular flexibility index (Phi) is 4.95. The van der Waals surface area contributed by atoms with Crippen molar-refractivity contribution < 1.29 is 9.21 Å². The van der Waals surface area contributed by atoms with Crippen LogP contribution < -0.4 is 5.32 Å². The molecule has 130 valence electrons. The van der Waals surface area contributed by atoms with Crippen molar-refractivity contribution in [3.05, 3.63) is 59.4 Å². The van der Waals surface area contributed by atoms with Gasteiger partial charge in [-0.1, -0.05) is 37.6 Å². The summed E-state index contributed by atoms with van der Waals surface area (Å²) in [5, 5.41) is 8.06. The first-order chi connectivity index (χ1) is 12.0. The Balaban J connectivity index is 2.06. The third-order valence-electron chi connectivity index (χ3n) is 4.16. The van der Waals surface area contributed by atoms with Gasteiger partial charge in [0.15, 0.2) is 5.76 Å². The van der Waals surface area contributed by atoms with Crippen molar-refractivity contribution in [1.82, 2.24) is 15.1 Å². The second-order valence-corrected chi connectivity index (χ2v) is 6.67. The number of furan rings is 1. The molecule has 25 heavy (non-hydrogen) atoms. The Morgan fingerprint density at radius 1 is 1.20 bits per heavy atom. The summed E-state index contributed by atoms with van der Waals surface area (Å²) in [4.78, 5) is 12.8. The number of carbonyl (C=O) groups excluding carboxylic acids is 1. The van der Waals surface area contributed by atoms with Gasteiger partial charge in [-0.2, -0.15) is 5.10 Å². The van der Waals surface area contributed by atoms with Crippen LogP contribution in [-0.2, 0) is 0 Å². The summed E-state index contributed by atoms with van der Waals surface area (Å²) in [5.41, 5.74) is 1.63. The molecule has 0 saturated heterocycles. The van der Waals surface area contributed by atoms with Crippen LogP contribution in [0.25, 0.3) is 17.1 Å². The molecule has 1 atom stereocenters. The first-order valence-corrected chi connectivity index (χ1v) is 8.55. The average molecular weight is 358 g/mol. The van der Waals surface area contributed by atoms with Gasteiger partial charge >= 0.3 is 0 Å². The van der Waals surface area contributed by atoms with Gasteiger partial charge in [-0.25, -0.2) is 4.68 Å². The molecule has 3 rings (SSSR count). The summed E-state index contributed by atoms with van der Waals surface area (Å²) >= 11 is 6.31. The summed E-state index contributed by atoms with van der Waals surface area (Å²) in [7, 11) is 0. The van der Waals surface area contributed by atoms with Crippen LogP contribution in [0.5, 0.6) is 0 Å². The minimum absolute atomic E-state index is 0.0363. The molecule has 0 radical (unpaired) electrons. The van der Waals surface area contributed by atoms with E-state index in [9.17, 15) is 4.79 Å². The lowest BCUT2D eigenvalue weighted by Crippen LogP contribution is -2.37. The van der Waals surface area contributed by atoms with Crippen molar-refractivity contribution in [2.75, 3.05) is 0 Å². The van der Waals surface area contributed by atoms with Crippen LogP contribution in [0.2, 0.25) is 5.02 Å². The van der Waals surface area contributed by atoms with Gasteiger partial charge in [0.2, 0.25) is 0 Å². The smallest absolute Gasteiger partial charge is 0.270 e. The molecule has 0 spiro atoms. The van der Waals surface area contributed by atoms with E-state index in [4.69, 9.17) is 16.0 Å². The molecular weight excluding hydrogens is 338 g/mol. The lowest BCUT2D eigenvalue weighted by atomic mass is 10.1. The minimum Gasteiger partial charge on any atom is -0.463 e. The fraction of sp³-hybridized carbons (Fsp3) is 0.263. The fourth-order valence-electron chi connectivity index (χ4n) is 2.34. The van der Waals surface area contributed by atoms with E-state index in [1.807, 2.05) is 25.1 Å². The summed E-state index contributed by atoms with van der Waals surface area (Å²) in [6, 6.07) is 12.6. The van der Waals surface area contributed by atoms with Crippen molar-refractivity contribution in [2.24, 2.45) is 5.92 Å². The Hall–Kier alpha value is -2.53. The Morgan fingerprint density at radius 2 is 1.96 bits per heavy atom. The summed E-state index contributed by atoms with van der Waals surface area (Å²) in [6.07, 6.45) is 1.57. The van der Waals surface area contributed by atoms with Gasteiger partial charge in [0, 0.05) is 12.1 Å². The van der Waals surface area contributed by atoms with Gasteiger partial charge in [-0.05, 0) is 37.1 Å². The number of halogens is 1. The third kappa shape index (κ3) is 3.61. The number of benzene rings is 1. The van der Waals surface area contributed by atoms with Crippen molar-refractivity contribution >= 4 is 17.5 Å². The molecule has 1 aromatic carbocycles. The molecule has 1 amide bonds. The number of aromatic nitrogens is 2. The number of rotatable bonds is 5. The second-order valence-electron chi connectivity index (χ2n) is 6.26. The molecule has 0 fully saturated rings. The van der Waals surface area contributed by atoms with Crippen LogP contribution in [0, 0.1) is 5.92 Å². The van der Waals surface area contributed by atoms with Crippen LogP contribution in [0.15, 0.2) is 53.1 Å². The highest BCUT2D eigenvalue weighted by Gasteiger charge is 2.21. The molecule has 0 aliphatic heterocycles. The van der Waals surface area contributed by atoms with Gasteiger partial charge in [0.1, 0.15) is 11.4 Å². The molecule has 2 aromatic heterocycles. The Bertz CT molecular complexity index is 869. The van der Waals surface area contributed by atoms with Crippen LogP contribution in [0.4, 0.5) is 0 Å². The molecule has 5 nitrogen and oxygen atoms in total. The predicted molar refractivity (Wildman–Crippen MR) is 98.0 cm³/mol. The zero-order valence-electron chi connectivity index (χ0n) is 14.4. The van der Waals surface area contributed by atoms with E-state index in [-0.39, 0.29) is 11.9 Å². The maximum absolute atomic E-state index is 12.8. The van der Waals surface area contributed by atoms with Crippen molar-refractivity contribution in [2.45, 2.75) is 26.8 Å². The average Bonchev–Trinajstić information content (AvgIpc) is 3.24. The number of carbonyl (C=O) groups is 1. The fourth-order valence-corrected chi connectivity index (χ4v) is 2.56. The van der Waals surface area contributed by atoms with E-state index in [0.717, 1.165) is 0 Å². The molecule has 0 aliphatic carbocycles. The SMILES string of the molecule is CC(C)C(C)NC(=O)c1cc(-c2ccco2)nn1-c1ccccc1Cl. The van der Waals surface area contributed by atoms with Gasteiger partial charge in [0.05, 0.1) is 17.0 Å². The van der Waals surface area contributed by atoms with Gasteiger partial charge in [0.25, 0.3) is 5.91 Å². The van der Waals surface area contributed by atoms with Crippen LogP contribution in [0.3, 0.4) is 0 Å². The van der Waals surface area contributed by atoms with Crippen LogP contribution >= 0.6 is 11.6 Å². The number of hydrogen-bond donors (Lipinski definition) is 1. The van der Waals surface area contributed by atoms with Crippen molar-refractivity contribution in [3.63, 3.8) is 0 Å². The van der Waals surface area contributed by atoms with Crippen LogP contribution in [-0.4, -0.2) is 21.7 Å². The molecule has 2 heterocycles. The Morgan fingerprint density at radius 3 is 2.60 bits per heavy atom. The van der Waals surface area contributed by atoms with Gasteiger partial charge in [-0.3, -0.25) is 4.79 Å². The van der Waals surface area contributed by atoms with E-state index in [0.29, 0.717) is 33.8 Å². The largest absolute Gasteiger partial charge is 0.463 e. The monoisotopic (exact) mass is 357 g/mol. The van der Waals surface area contributed by atoms with Crippen LogP contribution in [0.1, 0.15) is 31.3 Å². The molecule has 1 unspecified atom stereocenters. The zero-order chi connectivity index (χ0) is 18.0. The Labute approximate surface area is 151 Å². The minimum atomic E-state index is -0.202. The first-order valence-electron chi connectivity index (χ1n) is 8.17. The normalized spacial score (nSPS) is 12.4. The molecule has 0 aliphatic rings. The first kappa shape index (κ1) is 17.3. The lowest BCUT2D eigenvalue weighted by Gasteiger charge is -2.17. The standard InChI is InChI=1S/C19H20ClN3O2/c1-12(2)13(3)21-19(24)17-11-15(18-9-6-10-25-18)22-23(17)16-8-5-4-7-14(16)20/h4-13H,1-3H3,(H,21,24). The number of amides is 1. The number of hydrogen-bond acceptors (Lipinski definition) is 3. The summed E-state index contributed by atoms with van der Waals surface area (Å²) in [5.74, 6) is 0.716. The van der Waals surface area contributed by atoms with Crippen molar-refractivity contribution in [1.29, 1.82) is 0 Å². The highest BCUT2D eigenvalue weighted by atomic mass is 35.5. The van der Waals surface area contributed by atoms with Gasteiger partial charge in [-0.15, -0.1) is 0 Å². The summed E-state index contributed by atoms with van der Waals surface area (Å²) in [6.45, 7) is 6.10. The molecule has 0 saturated carbocycles. The molecule has 3 aromatic rings. The van der Waals surface area contributed by atoms with Crippen molar-refractivity contribution in [3.8, 4) is 17.1 Å². The summed E-state index contributed by atoms with van der Waals surface area (Å²) < 4.78 is 6.97. The lowest BCUT2D eigenvalue weighted by molar-refractivity contribution is 0.0922. The van der Waals surface area contributed by atoms with Gasteiger partial charge < -0.3 is 9.73 Å².